The van der Waals surface area contributed by atoms with E-state index in [0.717, 1.165) is 26.8 Å². The normalized spacial score (nSPS) is 15.0. The number of halogens is 1. The first-order valence-electron chi connectivity index (χ1n) is 8.35. The Morgan fingerprint density at radius 3 is 2.85 bits per heavy atom. The molecule has 0 spiro atoms. The van der Waals surface area contributed by atoms with Gasteiger partial charge in [0.1, 0.15) is 11.7 Å². The van der Waals surface area contributed by atoms with E-state index in [1.807, 2.05) is 19.2 Å². The summed E-state index contributed by atoms with van der Waals surface area (Å²) in [4.78, 5) is 2.09. The zero-order chi connectivity index (χ0) is 17.8. The molecule has 1 aliphatic rings. The van der Waals surface area contributed by atoms with Crippen LogP contribution in [-0.4, -0.2) is 7.05 Å². The molecule has 3 aromatic carbocycles. The number of hydrogen-bond acceptors (Lipinski definition) is 3. The van der Waals surface area contributed by atoms with Crippen molar-refractivity contribution >= 4 is 60.0 Å². The van der Waals surface area contributed by atoms with Gasteiger partial charge in [-0.25, -0.2) is 0 Å². The molecule has 2 heterocycles. The van der Waals surface area contributed by atoms with Crippen molar-refractivity contribution < 1.29 is 9.30 Å². The van der Waals surface area contributed by atoms with Crippen molar-refractivity contribution in [3.63, 3.8) is 0 Å². The minimum Gasteiger partial charge on any atom is -0.438 e. The van der Waals surface area contributed by atoms with Crippen LogP contribution in [0.15, 0.2) is 65.0 Å². The molecule has 4 aromatic rings. The Kier molecular flexibility index (Phi) is 3.55. The Hall–Kier alpha value is -2.37. The maximum Gasteiger partial charge on any atom is 0.267 e. The molecule has 0 radical (unpaired) electrons. The van der Waals surface area contributed by atoms with E-state index in [9.17, 15) is 0 Å². The van der Waals surface area contributed by atoms with Crippen molar-refractivity contribution in [2.24, 2.45) is 7.05 Å². The van der Waals surface area contributed by atoms with Crippen LogP contribution in [0.5, 0.6) is 5.75 Å². The quantitative estimate of drug-likeness (QED) is 0.377. The molecule has 5 heteroatoms. The molecule has 128 valence electrons. The van der Waals surface area contributed by atoms with Crippen LogP contribution in [0.2, 0.25) is 0 Å². The van der Waals surface area contributed by atoms with E-state index in [0.29, 0.717) is 0 Å². The highest BCUT2D eigenvalue weighted by atomic mass is 79.9. The molecule has 0 amide bonds. The zero-order valence-electron chi connectivity index (χ0n) is 14.4. The lowest BCUT2D eigenvalue weighted by molar-refractivity contribution is -0.641. The minimum absolute atomic E-state index is 0.838. The summed E-state index contributed by atoms with van der Waals surface area (Å²) >= 11 is 5.31. The third-order valence-corrected chi connectivity index (χ3v) is 6.46. The molecule has 0 saturated heterocycles. The standard InChI is InChI=1S/C21H16BrN2OS/c1-23-16-11-14(22)8-9-17(16)25-19(23)12-20-24(2)21-15-6-4-3-5-13(15)7-10-18(21)26-20/h3-12H,1-2H3/q+1. The first-order valence-corrected chi connectivity index (χ1v) is 9.96. The molecule has 0 saturated carbocycles. The van der Waals surface area contributed by atoms with Crippen molar-refractivity contribution in [2.75, 3.05) is 11.9 Å². The molecule has 0 bridgehead atoms. The van der Waals surface area contributed by atoms with Crippen molar-refractivity contribution in [2.45, 2.75) is 0 Å². The van der Waals surface area contributed by atoms with Crippen LogP contribution in [0.4, 0.5) is 5.69 Å². The van der Waals surface area contributed by atoms with Crippen LogP contribution in [0.1, 0.15) is 5.01 Å². The first-order chi connectivity index (χ1) is 12.6. The van der Waals surface area contributed by atoms with Gasteiger partial charge in [0.25, 0.3) is 5.01 Å². The molecule has 3 nitrogen and oxygen atoms in total. The van der Waals surface area contributed by atoms with Crippen LogP contribution >= 0.6 is 27.3 Å². The summed E-state index contributed by atoms with van der Waals surface area (Å²) in [5.74, 6) is 1.72. The highest BCUT2D eigenvalue weighted by molar-refractivity contribution is 9.10. The number of anilines is 1. The number of benzene rings is 3. The lowest BCUT2D eigenvalue weighted by atomic mass is 10.1. The summed E-state index contributed by atoms with van der Waals surface area (Å²) < 4.78 is 10.7. The number of hydrogen-bond donors (Lipinski definition) is 0. The van der Waals surface area contributed by atoms with Gasteiger partial charge in [-0.05, 0) is 35.7 Å². The molecular weight excluding hydrogens is 408 g/mol. The highest BCUT2D eigenvalue weighted by Crippen LogP contribution is 2.40. The Bertz CT molecular complexity index is 1210. The van der Waals surface area contributed by atoms with E-state index in [-0.39, 0.29) is 0 Å². The van der Waals surface area contributed by atoms with Gasteiger partial charge in [-0.1, -0.05) is 51.5 Å². The first kappa shape index (κ1) is 15.9. The number of fused-ring (bicyclic) bond motifs is 4. The SMILES string of the molecule is CN1/C(=C/c2sc3ccc4ccccc4c3[n+]2C)Oc2ccc(Br)cc21. The zero-order valence-corrected chi connectivity index (χ0v) is 16.8. The van der Waals surface area contributed by atoms with E-state index >= 15 is 0 Å². The minimum atomic E-state index is 0.838. The molecule has 26 heavy (non-hydrogen) atoms. The summed E-state index contributed by atoms with van der Waals surface area (Å²) in [6.07, 6.45) is 2.12. The average Bonchev–Trinajstić information content (AvgIpc) is 3.13. The summed E-state index contributed by atoms with van der Waals surface area (Å²) in [7, 11) is 4.16. The van der Waals surface area contributed by atoms with Gasteiger partial charge < -0.3 is 9.64 Å². The van der Waals surface area contributed by atoms with E-state index in [4.69, 9.17) is 4.74 Å². The van der Waals surface area contributed by atoms with Gasteiger partial charge in [0, 0.05) is 11.5 Å². The van der Waals surface area contributed by atoms with Crippen LogP contribution in [0.3, 0.4) is 0 Å². The smallest absolute Gasteiger partial charge is 0.267 e. The Morgan fingerprint density at radius 2 is 1.96 bits per heavy atom. The van der Waals surface area contributed by atoms with Gasteiger partial charge in [-0.2, -0.15) is 4.57 Å². The van der Waals surface area contributed by atoms with E-state index < -0.39 is 0 Å². The second kappa shape index (κ2) is 5.83. The molecule has 0 aliphatic carbocycles. The molecule has 5 rings (SSSR count). The van der Waals surface area contributed by atoms with Gasteiger partial charge in [0.15, 0.2) is 5.75 Å². The van der Waals surface area contributed by atoms with Gasteiger partial charge in [-0.15, -0.1) is 0 Å². The molecule has 1 aromatic heterocycles. The van der Waals surface area contributed by atoms with Crippen LogP contribution in [0.25, 0.3) is 27.1 Å². The third-order valence-electron chi connectivity index (χ3n) is 4.82. The largest absolute Gasteiger partial charge is 0.438 e. The number of nitrogens with zero attached hydrogens (tertiary/aromatic N) is 2. The summed E-state index contributed by atoms with van der Waals surface area (Å²) in [5, 5.41) is 3.70. The fourth-order valence-electron chi connectivity index (χ4n) is 3.45. The molecule has 0 unspecified atom stereocenters. The fourth-order valence-corrected chi connectivity index (χ4v) is 4.89. The van der Waals surface area contributed by atoms with Crippen LogP contribution in [-0.2, 0) is 7.05 Å². The third kappa shape index (κ3) is 2.35. The van der Waals surface area contributed by atoms with Crippen LogP contribution in [0, 0.1) is 0 Å². The van der Waals surface area contributed by atoms with E-state index in [1.54, 1.807) is 11.3 Å². The number of aryl methyl sites for hydroxylation is 1. The lowest BCUT2D eigenvalue weighted by Gasteiger charge is -2.10. The molecule has 0 fully saturated rings. The molecule has 1 aliphatic heterocycles. The van der Waals surface area contributed by atoms with Gasteiger partial charge in [0.05, 0.1) is 17.1 Å². The maximum absolute atomic E-state index is 6.08. The fraction of sp³-hybridized carbons (Fsp3) is 0.0952. The number of aromatic nitrogens is 1. The van der Waals surface area contributed by atoms with Crippen LogP contribution < -0.4 is 14.2 Å². The van der Waals surface area contributed by atoms with Crippen molar-refractivity contribution in [1.29, 1.82) is 0 Å². The predicted octanol–water partition coefficient (Wildman–Crippen LogP) is 5.47. The van der Waals surface area contributed by atoms with E-state index in [2.05, 4.69) is 81.0 Å². The van der Waals surface area contributed by atoms with Crippen molar-refractivity contribution in [1.82, 2.24) is 0 Å². The van der Waals surface area contributed by atoms with Gasteiger partial charge in [0.2, 0.25) is 11.4 Å². The van der Waals surface area contributed by atoms with Gasteiger partial charge in [-0.3, -0.25) is 0 Å². The highest BCUT2D eigenvalue weighted by Gasteiger charge is 2.26. The topological polar surface area (TPSA) is 16.4 Å². The Labute approximate surface area is 163 Å². The summed E-state index contributed by atoms with van der Waals surface area (Å²) in [6, 6.07) is 19.0. The Balaban J connectivity index is 1.66. The summed E-state index contributed by atoms with van der Waals surface area (Å²) in [5.41, 5.74) is 2.33. The Morgan fingerprint density at radius 1 is 1.12 bits per heavy atom. The second-order valence-corrected chi connectivity index (χ2v) is 8.37. The van der Waals surface area contributed by atoms with Crippen molar-refractivity contribution in [3.05, 3.63) is 70.0 Å². The summed E-state index contributed by atoms with van der Waals surface area (Å²) in [6.45, 7) is 0. The van der Waals surface area contributed by atoms with Crippen molar-refractivity contribution in [3.8, 4) is 5.75 Å². The monoisotopic (exact) mass is 423 g/mol. The maximum atomic E-state index is 6.08. The lowest BCUT2D eigenvalue weighted by Crippen LogP contribution is -2.29. The molecular formula is C21H16BrN2OS+. The second-order valence-electron chi connectivity index (χ2n) is 6.39. The number of rotatable bonds is 1. The van der Waals surface area contributed by atoms with E-state index in [1.165, 1.54) is 21.0 Å². The van der Waals surface area contributed by atoms with Gasteiger partial charge >= 0.3 is 0 Å². The number of ether oxygens (including phenoxy) is 1. The predicted molar refractivity (Wildman–Crippen MR) is 112 cm³/mol. The average molecular weight is 424 g/mol. The molecule has 0 N–H and O–H groups in total. The molecule has 0 atom stereocenters. The number of thiazole rings is 1.